The third-order valence-corrected chi connectivity index (χ3v) is 3.92. The Morgan fingerprint density at radius 2 is 2.17 bits per heavy atom. The van der Waals surface area contributed by atoms with Gasteiger partial charge in [-0.25, -0.2) is 4.79 Å². The van der Waals surface area contributed by atoms with Gasteiger partial charge in [0, 0.05) is 31.2 Å². The molecule has 1 aliphatic heterocycles. The van der Waals surface area contributed by atoms with Crippen LogP contribution < -0.4 is 16.0 Å². The number of hydrogen-bond donors (Lipinski definition) is 3. The zero-order chi connectivity index (χ0) is 16.7. The van der Waals surface area contributed by atoms with Crippen LogP contribution in [0.5, 0.6) is 0 Å². The van der Waals surface area contributed by atoms with Crippen LogP contribution in [0.1, 0.15) is 30.1 Å². The maximum absolute atomic E-state index is 12.0. The molecule has 0 aromatic heterocycles. The molecule has 0 bridgehead atoms. The third kappa shape index (κ3) is 5.41. The third-order valence-electron chi connectivity index (χ3n) is 3.59. The molecular weight excluding hydrogens is 318 g/mol. The Labute approximate surface area is 140 Å². The molecule has 6 nitrogen and oxygen atoms in total. The number of urea groups is 1. The first-order valence-electron chi connectivity index (χ1n) is 7.80. The second kappa shape index (κ2) is 8.74. The van der Waals surface area contributed by atoms with Crippen LogP contribution in [0.25, 0.3) is 0 Å². The molecular formula is C16H22ClN3O3. The summed E-state index contributed by atoms with van der Waals surface area (Å²) in [6.07, 6.45) is 1.81. The van der Waals surface area contributed by atoms with E-state index < -0.39 is 0 Å². The summed E-state index contributed by atoms with van der Waals surface area (Å²) >= 11 is 6.08. The average Bonchev–Trinajstić information content (AvgIpc) is 3.06. The predicted octanol–water partition coefficient (Wildman–Crippen LogP) is 2.64. The van der Waals surface area contributed by atoms with Gasteiger partial charge in [0.25, 0.3) is 5.91 Å². The first-order valence-corrected chi connectivity index (χ1v) is 8.18. The zero-order valence-corrected chi connectivity index (χ0v) is 13.9. The first kappa shape index (κ1) is 17.6. The molecule has 1 aliphatic rings. The van der Waals surface area contributed by atoms with Gasteiger partial charge in [0.1, 0.15) is 0 Å². The number of carbonyl (C=O) groups is 2. The summed E-state index contributed by atoms with van der Waals surface area (Å²) in [6.45, 7) is 4.56. The van der Waals surface area contributed by atoms with E-state index in [0.29, 0.717) is 41.9 Å². The van der Waals surface area contributed by atoms with Crippen LogP contribution in [0.15, 0.2) is 18.2 Å². The van der Waals surface area contributed by atoms with E-state index in [9.17, 15) is 9.59 Å². The van der Waals surface area contributed by atoms with Crippen molar-refractivity contribution in [3.8, 4) is 0 Å². The smallest absolute Gasteiger partial charge is 0.319 e. The van der Waals surface area contributed by atoms with Crippen LogP contribution in [0.2, 0.25) is 5.02 Å². The summed E-state index contributed by atoms with van der Waals surface area (Å²) in [7, 11) is 0. The van der Waals surface area contributed by atoms with Crippen molar-refractivity contribution < 1.29 is 14.3 Å². The number of hydrogen-bond acceptors (Lipinski definition) is 3. The maximum atomic E-state index is 12.0. The maximum Gasteiger partial charge on any atom is 0.319 e. The van der Waals surface area contributed by atoms with Gasteiger partial charge in [0.05, 0.1) is 17.3 Å². The fourth-order valence-corrected chi connectivity index (χ4v) is 2.42. The van der Waals surface area contributed by atoms with Gasteiger partial charge in [-0.15, -0.1) is 0 Å². The molecule has 0 radical (unpaired) electrons. The van der Waals surface area contributed by atoms with Crippen LogP contribution in [-0.4, -0.2) is 38.2 Å². The van der Waals surface area contributed by atoms with Crippen molar-refractivity contribution in [3.05, 3.63) is 28.8 Å². The molecule has 3 amide bonds. The summed E-state index contributed by atoms with van der Waals surface area (Å²) in [6, 6.07) is 4.46. The second-order valence-electron chi connectivity index (χ2n) is 5.52. The Balaban J connectivity index is 1.92. The van der Waals surface area contributed by atoms with Crippen molar-refractivity contribution >= 4 is 29.2 Å². The molecule has 0 aliphatic carbocycles. The minimum Gasteiger partial charge on any atom is -0.381 e. The fourth-order valence-electron chi connectivity index (χ4n) is 2.25. The van der Waals surface area contributed by atoms with E-state index in [4.69, 9.17) is 16.3 Å². The topological polar surface area (TPSA) is 79.5 Å². The van der Waals surface area contributed by atoms with E-state index in [1.54, 1.807) is 18.2 Å². The molecule has 2 rings (SSSR count). The van der Waals surface area contributed by atoms with Gasteiger partial charge in [0.2, 0.25) is 0 Å². The number of anilines is 1. The van der Waals surface area contributed by atoms with E-state index in [1.807, 2.05) is 6.92 Å². The largest absolute Gasteiger partial charge is 0.381 e. The molecule has 1 fully saturated rings. The zero-order valence-electron chi connectivity index (χ0n) is 13.2. The van der Waals surface area contributed by atoms with E-state index in [0.717, 1.165) is 19.4 Å². The van der Waals surface area contributed by atoms with Gasteiger partial charge in [-0.05, 0) is 31.0 Å². The lowest BCUT2D eigenvalue weighted by atomic mass is 10.1. The second-order valence-corrected chi connectivity index (χ2v) is 5.92. The summed E-state index contributed by atoms with van der Waals surface area (Å²) in [4.78, 5) is 23.9. The van der Waals surface area contributed by atoms with Gasteiger partial charge in [-0.1, -0.05) is 18.5 Å². The number of nitrogens with one attached hydrogen (secondary N) is 3. The van der Waals surface area contributed by atoms with Crippen LogP contribution in [0.4, 0.5) is 10.5 Å². The molecule has 0 spiro atoms. The molecule has 1 heterocycles. The molecule has 1 saturated heterocycles. The van der Waals surface area contributed by atoms with Crippen LogP contribution >= 0.6 is 11.6 Å². The van der Waals surface area contributed by atoms with Gasteiger partial charge < -0.3 is 20.7 Å². The van der Waals surface area contributed by atoms with Gasteiger partial charge in [0.15, 0.2) is 0 Å². The lowest BCUT2D eigenvalue weighted by Crippen LogP contribution is -2.33. The van der Waals surface area contributed by atoms with Crippen molar-refractivity contribution in [2.45, 2.75) is 19.8 Å². The van der Waals surface area contributed by atoms with Crippen molar-refractivity contribution in [1.29, 1.82) is 0 Å². The van der Waals surface area contributed by atoms with Crippen LogP contribution in [0.3, 0.4) is 0 Å². The standard InChI is InChI=1S/C16H22ClN3O3/c1-2-6-18-15(21)12-3-4-13(17)14(8-12)20-16(22)19-9-11-5-7-23-10-11/h3-4,8,11H,2,5-7,9-10H2,1H3,(H,18,21)(H2,19,20,22). The lowest BCUT2D eigenvalue weighted by molar-refractivity contribution is 0.0953. The van der Waals surface area contributed by atoms with Crippen molar-refractivity contribution in [2.24, 2.45) is 5.92 Å². The van der Waals surface area contributed by atoms with E-state index in [-0.39, 0.29) is 11.9 Å². The van der Waals surface area contributed by atoms with E-state index in [2.05, 4.69) is 16.0 Å². The normalized spacial score (nSPS) is 16.9. The molecule has 1 aromatic carbocycles. The minimum atomic E-state index is -0.343. The number of halogens is 1. The van der Waals surface area contributed by atoms with Crippen LogP contribution in [0, 0.1) is 5.92 Å². The molecule has 0 saturated carbocycles. The number of rotatable bonds is 6. The predicted molar refractivity (Wildman–Crippen MR) is 90.0 cm³/mol. The van der Waals surface area contributed by atoms with Gasteiger partial charge in [-0.2, -0.15) is 0 Å². The van der Waals surface area contributed by atoms with Gasteiger partial charge in [-0.3, -0.25) is 4.79 Å². The summed E-state index contributed by atoms with van der Waals surface area (Å²) < 4.78 is 5.26. The molecule has 1 unspecified atom stereocenters. The average molecular weight is 340 g/mol. The first-order chi connectivity index (χ1) is 11.1. The highest BCUT2D eigenvalue weighted by Gasteiger charge is 2.17. The Morgan fingerprint density at radius 1 is 1.35 bits per heavy atom. The minimum absolute atomic E-state index is 0.185. The van der Waals surface area contributed by atoms with E-state index in [1.165, 1.54) is 0 Å². The lowest BCUT2D eigenvalue weighted by Gasteiger charge is -2.12. The number of amides is 3. The van der Waals surface area contributed by atoms with Crippen molar-refractivity contribution in [3.63, 3.8) is 0 Å². The number of carbonyl (C=O) groups excluding carboxylic acids is 2. The molecule has 3 N–H and O–H groups in total. The summed E-state index contributed by atoms with van der Waals surface area (Å²) in [5.41, 5.74) is 0.873. The van der Waals surface area contributed by atoms with Gasteiger partial charge >= 0.3 is 6.03 Å². The van der Waals surface area contributed by atoms with E-state index >= 15 is 0 Å². The van der Waals surface area contributed by atoms with Crippen molar-refractivity contribution in [2.75, 3.05) is 31.6 Å². The summed E-state index contributed by atoms with van der Waals surface area (Å²) in [5.74, 6) is 0.164. The van der Waals surface area contributed by atoms with Crippen molar-refractivity contribution in [1.82, 2.24) is 10.6 Å². The molecule has 23 heavy (non-hydrogen) atoms. The molecule has 126 valence electrons. The molecule has 7 heteroatoms. The fraction of sp³-hybridized carbons (Fsp3) is 0.500. The SMILES string of the molecule is CCCNC(=O)c1ccc(Cl)c(NC(=O)NCC2CCOC2)c1. The Morgan fingerprint density at radius 3 is 2.87 bits per heavy atom. The van der Waals surface area contributed by atoms with Crippen LogP contribution in [-0.2, 0) is 4.74 Å². The highest BCUT2D eigenvalue weighted by Crippen LogP contribution is 2.23. The highest BCUT2D eigenvalue weighted by atomic mass is 35.5. The molecule has 1 aromatic rings. The Kier molecular flexibility index (Phi) is 6.67. The Bertz CT molecular complexity index is 560. The number of ether oxygens (including phenoxy) is 1. The summed E-state index contributed by atoms with van der Waals surface area (Å²) in [5, 5.41) is 8.65. The molecule has 1 atom stereocenters. The quantitative estimate of drug-likeness (QED) is 0.745. The highest BCUT2D eigenvalue weighted by molar-refractivity contribution is 6.33. The monoisotopic (exact) mass is 339 g/mol. The number of benzene rings is 1. The Hall–Kier alpha value is -1.79.